The Morgan fingerprint density at radius 1 is 1.37 bits per heavy atom. The van der Waals surface area contributed by atoms with Crippen molar-refractivity contribution in [3.8, 4) is 0 Å². The Balaban J connectivity index is 2.25. The fourth-order valence-corrected chi connectivity index (χ4v) is 1.79. The third kappa shape index (κ3) is 3.32. The lowest BCUT2D eigenvalue weighted by Crippen LogP contribution is -2.26. The molecule has 1 heterocycles. The summed E-state index contributed by atoms with van der Waals surface area (Å²) in [6.07, 6.45) is 1.55. The molecule has 2 aromatic rings. The summed E-state index contributed by atoms with van der Waals surface area (Å²) >= 11 is 0. The first-order valence-electron chi connectivity index (χ1n) is 6.25. The van der Waals surface area contributed by atoms with E-state index >= 15 is 0 Å². The molecule has 102 valence electrons. The highest BCUT2D eigenvalue weighted by atomic mass is 16.5. The predicted molar refractivity (Wildman–Crippen MR) is 76.1 cm³/mol. The summed E-state index contributed by atoms with van der Waals surface area (Å²) in [6, 6.07) is 5.15. The molecule has 0 bridgehead atoms. The van der Waals surface area contributed by atoms with Crippen molar-refractivity contribution in [1.82, 2.24) is 9.55 Å². The first-order valence-corrected chi connectivity index (χ1v) is 6.25. The second-order valence-electron chi connectivity index (χ2n) is 5.48. The highest BCUT2D eigenvalue weighted by molar-refractivity contribution is 5.80. The largest absolute Gasteiger partial charge is 0.399 e. The van der Waals surface area contributed by atoms with Crippen molar-refractivity contribution >= 4 is 16.6 Å². The third-order valence-corrected chi connectivity index (χ3v) is 2.72. The van der Waals surface area contributed by atoms with Gasteiger partial charge in [-0.15, -0.1) is 0 Å². The highest BCUT2D eigenvalue weighted by Crippen LogP contribution is 2.11. The molecule has 0 amide bonds. The zero-order chi connectivity index (χ0) is 14.0. The Labute approximate surface area is 112 Å². The smallest absolute Gasteiger partial charge is 0.261 e. The number of nitrogens with zero attached hydrogens (tertiary/aromatic N) is 2. The summed E-state index contributed by atoms with van der Waals surface area (Å²) < 4.78 is 7.16. The average Bonchev–Trinajstić information content (AvgIpc) is 2.31. The number of rotatable bonds is 3. The lowest BCUT2D eigenvalue weighted by atomic mass is 10.2. The maximum absolute atomic E-state index is 12.2. The second-order valence-corrected chi connectivity index (χ2v) is 5.48. The van der Waals surface area contributed by atoms with Gasteiger partial charge in [0.15, 0.2) is 0 Å². The molecule has 0 aliphatic rings. The van der Waals surface area contributed by atoms with Crippen LogP contribution in [0, 0.1) is 0 Å². The first-order chi connectivity index (χ1) is 8.87. The van der Waals surface area contributed by atoms with Gasteiger partial charge < -0.3 is 10.5 Å². The van der Waals surface area contributed by atoms with Crippen molar-refractivity contribution in [2.75, 3.05) is 12.3 Å². The van der Waals surface area contributed by atoms with Crippen molar-refractivity contribution < 1.29 is 4.74 Å². The number of aromatic nitrogens is 2. The van der Waals surface area contributed by atoms with Crippen molar-refractivity contribution in [2.24, 2.45) is 0 Å². The normalized spacial score (nSPS) is 11.9. The van der Waals surface area contributed by atoms with Crippen LogP contribution in [0.3, 0.4) is 0 Å². The van der Waals surface area contributed by atoms with Crippen LogP contribution in [-0.2, 0) is 11.3 Å². The van der Waals surface area contributed by atoms with Gasteiger partial charge in [-0.1, -0.05) is 0 Å². The van der Waals surface area contributed by atoms with E-state index in [1.807, 2.05) is 20.8 Å². The molecular weight excluding hydrogens is 242 g/mol. The Morgan fingerprint density at radius 2 is 2.11 bits per heavy atom. The Bertz CT molecular complexity index is 641. The van der Waals surface area contributed by atoms with Crippen LogP contribution in [0.15, 0.2) is 29.3 Å². The van der Waals surface area contributed by atoms with Crippen LogP contribution in [0.5, 0.6) is 0 Å². The lowest BCUT2D eigenvalue weighted by molar-refractivity contribution is -0.00716. The van der Waals surface area contributed by atoms with E-state index in [4.69, 9.17) is 10.5 Å². The minimum Gasteiger partial charge on any atom is -0.399 e. The van der Waals surface area contributed by atoms with Crippen molar-refractivity contribution in [3.05, 3.63) is 34.9 Å². The monoisotopic (exact) mass is 261 g/mol. The van der Waals surface area contributed by atoms with Crippen LogP contribution in [0.25, 0.3) is 10.9 Å². The van der Waals surface area contributed by atoms with Crippen LogP contribution >= 0.6 is 0 Å². The molecular formula is C14H19N3O2. The van der Waals surface area contributed by atoms with Crippen LogP contribution in [0.4, 0.5) is 5.69 Å². The molecule has 0 fully saturated rings. The fraction of sp³-hybridized carbons (Fsp3) is 0.429. The van der Waals surface area contributed by atoms with Crippen LogP contribution in [0.1, 0.15) is 20.8 Å². The predicted octanol–water partition coefficient (Wildman–Crippen LogP) is 1.79. The van der Waals surface area contributed by atoms with Gasteiger partial charge in [0.25, 0.3) is 5.56 Å². The number of hydrogen-bond acceptors (Lipinski definition) is 4. The maximum Gasteiger partial charge on any atom is 0.261 e. The molecule has 2 rings (SSSR count). The Morgan fingerprint density at radius 3 is 2.79 bits per heavy atom. The molecule has 1 aromatic carbocycles. The summed E-state index contributed by atoms with van der Waals surface area (Å²) in [5, 5.41) is 0.540. The summed E-state index contributed by atoms with van der Waals surface area (Å²) in [6.45, 7) is 6.89. The molecule has 0 aliphatic heterocycles. The molecule has 0 atom stereocenters. The van der Waals surface area contributed by atoms with Gasteiger partial charge in [-0.2, -0.15) is 0 Å². The Kier molecular flexibility index (Phi) is 3.57. The van der Waals surface area contributed by atoms with Gasteiger partial charge in [-0.3, -0.25) is 9.36 Å². The summed E-state index contributed by atoms with van der Waals surface area (Å²) in [4.78, 5) is 16.5. The fourth-order valence-electron chi connectivity index (χ4n) is 1.79. The first kappa shape index (κ1) is 13.5. The molecule has 19 heavy (non-hydrogen) atoms. The zero-order valence-electron chi connectivity index (χ0n) is 11.5. The average molecular weight is 261 g/mol. The standard InChI is InChI=1S/C14H19N3O2/c1-14(2,3)19-7-6-17-9-16-12-5-4-10(15)8-11(12)13(17)18/h4-5,8-9H,6-7,15H2,1-3H3. The summed E-state index contributed by atoms with van der Waals surface area (Å²) in [7, 11) is 0. The van der Waals surface area contributed by atoms with Crippen molar-refractivity contribution in [3.63, 3.8) is 0 Å². The van der Waals surface area contributed by atoms with Gasteiger partial charge in [0, 0.05) is 5.69 Å². The molecule has 2 N–H and O–H groups in total. The number of benzene rings is 1. The van der Waals surface area contributed by atoms with Gasteiger partial charge in [0.2, 0.25) is 0 Å². The molecule has 0 spiro atoms. The molecule has 5 heteroatoms. The number of ether oxygens (including phenoxy) is 1. The molecule has 0 aliphatic carbocycles. The van der Waals surface area contributed by atoms with E-state index in [0.29, 0.717) is 29.7 Å². The van der Waals surface area contributed by atoms with E-state index in [2.05, 4.69) is 4.98 Å². The second kappa shape index (κ2) is 5.01. The van der Waals surface area contributed by atoms with E-state index < -0.39 is 0 Å². The number of nitrogen functional groups attached to an aromatic ring is 1. The van der Waals surface area contributed by atoms with E-state index in [-0.39, 0.29) is 11.2 Å². The van der Waals surface area contributed by atoms with E-state index in [0.717, 1.165) is 0 Å². The molecule has 0 saturated heterocycles. The molecule has 0 radical (unpaired) electrons. The summed E-state index contributed by atoms with van der Waals surface area (Å²) in [5.41, 5.74) is 6.63. The molecule has 5 nitrogen and oxygen atoms in total. The van der Waals surface area contributed by atoms with Gasteiger partial charge in [-0.05, 0) is 39.0 Å². The highest BCUT2D eigenvalue weighted by Gasteiger charge is 2.10. The van der Waals surface area contributed by atoms with Crippen LogP contribution < -0.4 is 11.3 Å². The number of hydrogen-bond donors (Lipinski definition) is 1. The minimum atomic E-state index is -0.210. The quantitative estimate of drug-likeness (QED) is 0.855. The molecule has 1 aromatic heterocycles. The molecule has 0 saturated carbocycles. The van der Waals surface area contributed by atoms with Crippen LogP contribution in [-0.4, -0.2) is 21.8 Å². The minimum absolute atomic E-state index is 0.0881. The van der Waals surface area contributed by atoms with Gasteiger partial charge >= 0.3 is 0 Å². The number of anilines is 1. The van der Waals surface area contributed by atoms with E-state index in [9.17, 15) is 4.79 Å². The third-order valence-electron chi connectivity index (χ3n) is 2.72. The molecule has 0 unspecified atom stereocenters. The topological polar surface area (TPSA) is 70.1 Å². The zero-order valence-corrected chi connectivity index (χ0v) is 11.5. The van der Waals surface area contributed by atoms with Gasteiger partial charge in [-0.25, -0.2) is 4.98 Å². The van der Waals surface area contributed by atoms with E-state index in [1.54, 1.807) is 29.1 Å². The number of nitrogens with two attached hydrogens (primary N) is 1. The van der Waals surface area contributed by atoms with Crippen molar-refractivity contribution in [1.29, 1.82) is 0 Å². The number of fused-ring (bicyclic) bond motifs is 1. The SMILES string of the molecule is CC(C)(C)OCCn1cnc2ccc(N)cc2c1=O. The maximum atomic E-state index is 12.2. The van der Waals surface area contributed by atoms with E-state index in [1.165, 1.54) is 0 Å². The Hall–Kier alpha value is -1.88. The lowest BCUT2D eigenvalue weighted by Gasteiger charge is -2.19. The summed E-state index contributed by atoms with van der Waals surface area (Å²) in [5.74, 6) is 0. The van der Waals surface area contributed by atoms with Crippen LogP contribution in [0.2, 0.25) is 0 Å². The van der Waals surface area contributed by atoms with Crippen molar-refractivity contribution in [2.45, 2.75) is 32.9 Å². The van der Waals surface area contributed by atoms with Gasteiger partial charge in [0.1, 0.15) is 0 Å². The van der Waals surface area contributed by atoms with Gasteiger partial charge in [0.05, 0.1) is 36.0 Å².